The molecule has 0 aromatic heterocycles. The monoisotopic (exact) mass is 357 g/mol. The average molecular weight is 357 g/mol. The van der Waals surface area contributed by atoms with Gasteiger partial charge < -0.3 is 14.6 Å². The SMILES string of the molecule is CC(C)CN(CO)S(=O)(=O)c1ccc(OCC2CCOCC2)cc1. The van der Waals surface area contributed by atoms with Gasteiger partial charge in [0.15, 0.2) is 0 Å². The standard InChI is InChI=1S/C17H27NO5S/c1-14(2)11-18(13-19)24(20,21)17-5-3-16(4-6-17)23-12-15-7-9-22-10-8-15/h3-6,14-15,19H,7-13H2,1-2H3. The Hall–Kier alpha value is -1.15. The summed E-state index contributed by atoms with van der Waals surface area (Å²) < 4.78 is 37.2. The molecular formula is C17H27NO5S. The van der Waals surface area contributed by atoms with Gasteiger partial charge in [-0.15, -0.1) is 0 Å². The summed E-state index contributed by atoms with van der Waals surface area (Å²) in [6, 6.07) is 6.38. The topological polar surface area (TPSA) is 76.1 Å². The van der Waals surface area contributed by atoms with Crippen LogP contribution < -0.4 is 4.74 Å². The van der Waals surface area contributed by atoms with Crippen LogP contribution in [0.3, 0.4) is 0 Å². The number of ether oxygens (including phenoxy) is 2. The van der Waals surface area contributed by atoms with Gasteiger partial charge in [-0.3, -0.25) is 0 Å². The van der Waals surface area contributed by atoms with E-state index in [-0.39, 0.29) is 17.4 Å². The molecule has 1 aromatic rings. The highest BCUT2D eigenvalue weighted by molar-refractivity contribution is 7.89. The number of hydrogen-bond acceptors (Lipinski definition) is 5. The van der Waals surface area contributed by atoms with E-state index in [1.807, 2.05) is 13.8 Å². The van der Waals surface area contributed by atoms with E-state index in [1.165, 1.54) is 12.1 Å². The van der Waals surface area contributed by atoms with E-state index in [9.17, 15) is 13.5 Å². The lowest BCUT2D eigenvalue weighted by Crippen LogP contribution is -2.35. The number of nitrogens with zero attached hydrogens (tertiary/aromatic N) is 1. The maximum absolute atomic E-state index is 12.5. The molecule has 0 atom stereocenters. The third-order valence-corrected chi connectivity index (χ3v) is 5.83. The van der Waals surface area contributed by atoms with Gasteiger partial charge in [-0.25, -0.2) is 8.42 Å². The molecule has 0 spiro atoms. The van der Waals surface area contributed by atoms with Crippen LogP contribution in [0.4, 0.5) is 0 Å². The van der Waals surface area contributed by atoms with Crippen molar-refractivity contribution in [2.24, 2.45) is 11.8 Å². The summed E-state index contributed by atoms with van der Waals surface area (Å²) >= 11 is 0. The number of aliphatic hydroxyl groups excluding tert-OH is 1. The van der Waals surface area contributed by atoms with Crippen molar-refractivity contribution in [2.75, 3.05) is 33.1 Å². The Kier molecular flexibility index (Phi) is 7.03. The predicted octanol–water partition coefficient (Wildman–Crippen LogP) is 2.09. The molecule has 2 rings (SSSR count). The van der Waals surface area contributed by atoms with Gasteiger partial charge >= 0.3 is 0 Å². The molecule has 1 aliphatic rings. The maximum atomic E-state index is 12.5. The molecule has 0 amide bonds. The van der Waals surface area contributed by atoms with Gasteiger partial charge in [-0.05, 0) is 48.9 Å². The van der Waals surface area contributed by atoms with Crippen molar-refractivity contribution in [1.82, 2.24) is 4.31 Å². The van der Waals surface area contributed by atoms with Gasteiger partial charge in [-0.1, -0.05) is 13.8 Å². The largest absolute Gasteiger partial charge is 0.493 e. The predicted molar refractivity (Wildman–Crippen MR) is 91.3 cm³/mol. The Labute approximate surface area is 144 Å². The summed E-state index contributed by atoms with van der Waals surface area (Å²) in [5.41, 5.74) is 0. The molecule has 1 N–H and O–H groups in total. The molecule has 1 aromatic carbocycles. The van der Waals surface area contributed by atoms with Crippen LogP contribution in [-0.2, 0) is 14.8 Å². The van der Waals surface area contributed by atoms with E-state index in [0.717, 1.165) is 30.4 Å². The molecule has 1 heterocycles. The first-order valence-corrected chi connectivity index (χ1v) is 9.79. The molecule has 136 valence electrons. The lowest BCUT2D eigenvalue weighted by atomic mass is 10.0. The minimum Gasteiger partial charge on any atom is -0.493 e. The van der Waals surface area contributed by atoms with Crippen LogP contribution >= 0.6 is 0 Å². The molecule has 24 heavy (non-hydrogen) atoms. The van der Waals surface area contributed by atoms with Crippen LogP contribution in [0.1, 0.15) is 26.7 Å². The molecule has 0 aliphatic carbocycles. The summed E-state index contributed by atoms with van der Waals surface area (Å²) in [5, 5.41) is 9.37. The minimum atomic E-state index is -3.69. The van der Waals surface area contributed by atoms with Crippen molar-refractivity contribution in [3.05, 3.63) is 24.3 Å². The van der Waals surface area contributed by atoms with Gasteiger partial charge in [0.25, 0.3) is 0 Å². The number of benzene rings is 1. The van der Waals surface area contributed by atoms with E-state index in [1.54, 1.807) is 12.1 Å². The average Bonchev–Trinajstić information content (AvgIpc) is 2.59. The number of rotatable bonds is 8. The molecule has 6 nitrogen and oxygen atoms in total. The summed E-state index contributed by atoms with van der Waals surface area (Å²) in [6.07, 6.45) is 1.99. The van der Waals surface area contributed by atoms with Crippen molar-refractivity contribution in [3.8, 4) is 5.75 Å². The summed E-state index contributed by atoms with van der Waals surface area (Å²) in [4.78, 5) is 0.163. The van der Waals surface area contributed by atoms with Gasteiger partial charge in [0.2, 0.25) is 10.0 Å². The lowest BCUT2D eigenvalue weighted by Gasteiger charge is -2.23. The van der Waals surface area contributed by atoms with Gasteiger partial charge in [0, 0.05) is 19.8 Å². The van der Waals surface area contributed by atoms with E-state index in [0.29, 0.717) is 18.3 Å². The second-order valence-electron chi connectivity index (χ2n) is 6.51. The summed E-state index contributed by atoms with van der Waals surface area (Å²) in [6.45, 7) is 5.74. The number of hydrogen-bond donors (Lipinski definition) is 1. The van der Waals surface area contributed by atoms with Gasteiger partial charge in [0.1, 0.15) is 12.5 Å². The highest BCUT2D eigenvalue weighted by atomic mass is 32.2. The fourth-order valence-corrected chi connectivity index (χ4v) is 4.05. The molecule has 0 unspecified atom stereocenters. The van der Waals surface area contributed by atoms with Crippen molar-refractivity contribution >= 4 is 10.0 Å². The Bertz CT molecular complexity index is 594. The van der Waals surface area contributed by atoms with Gasteiger partial charge in [0.05, 0.1) is 11.5 Å². The van der Waals surface area contributed by atoms with Crippen LogP contribution in [-0.4, -0.2) is 50.9 Å². The Morgan fingerprint density at radius 1 is 1.25 bits per heavy atom. The zero-order valence-corrected chi connectivity index (χ0v) is 15.2. The molecule has 1 fully saturated rings. The van der Waals surface area contributed by atoms with Crippen molar-refractivity contribution in [1.29, 1.82) is 0 Å². The number of aliphatic hydroxyl groups is 1. The Balaban J connectivity index is 1.99. The Morgan fingerprint density at radius 3 is 2.42 bits per heavy atom. The third-order valence-electron chi connectivity index (χ3n) is 4.01. The van der Waals surface area contributed by atoms with Gasteiger partial charge in [-0.2, -0.15) is 4.31 Å². The molecule has 1 aliphatic heterocycles. The van der Waals surface area contributed by atoms with E-state index in [2.05, 4.69) is 0 Å². The number of sulfonamides is 1. The van der Waals surface area contributed by atoms with Crippen LogP contribution in [0, 0.1) is 11.8 Å². The summed E-state index contributed by atoms with van der Waals surface area (Å²) in [5.74, 6) is 1.27. The second-order valence-corrected chi connectivity index (χ2v) is 8.45. The zero-order chi connectivity index (χ0) is 17.6. The zero-order valence-electron chi connectivity index (χ0n) is 14.3. The van der Waals surface area contributed by atoms with E-state index in [4.69, 9.17) is 9.47 Å². The second kappa shape index (κ2) is 8.80. The third kappa shape index (κ3) is 5.17. The molecule has 1 saturated heterocycles. The van der Waals surface area contributed by atoms with Crippen LogP contribution in [0.5, 0.6) is 5.75 Å². The molecule has 0 bridgehead atoms. The summed E-state index contributed by atoms with van der Waals surface area (Å²) in [7, 11) is -3.69. The quantitative estimate of drug-likeness (QED) is 0.721. The van der Waals surface area contributed by atoms with Crippen LogP contribution in [0.15, 0.2) is 29.2 Å². The van der Waals surface area contributed by atoms with Crippen molar-refractivity contribution < 1.29 is 23.0 Å². The normalized spacial score (nSPS) is 16.7. The first-order chi connectivity index (χ1) is 11.4. The highest BCUT2D eigenvalue weighted by Crippen LogP contribution is 2.22. The maximum Gasteiger partial charge on any atom is 0.245 e. The van der Waals surface area contributed by atoms with Crippen LogP contribution in [0.2, 0.25) is 0 Å². The smallest absolute Gasteiger partial charge is 0.245 e. The van der Waals surface area contributed by atoms with Crippen molar-refractivity contribution in [3.63, 3.8) is 0 Å². The lowest BCUT2D eigenvalue weighted by molar-refractivity contribution is 0.0497. The molecular weight excluding hydrogens is 330 g/mol. The van der Waals surface area contributed by atoms with E-state index >= 15 is 0 Å². The van der Waals surface area contributed by atoms with Crippen molar-refractivity contribution in [2.45, 2.75) is 31.6 Å². The van der Waals surface area contributed by atoms with E-state index < -0.39 is 16.8 Å². The minimum absolute atomic E-state index is 0.133. The highest BCUT2D eigenvalue weighted by Gasteiger charge is 2.24. The molecule has 7 heteroatoms. The molecule has 0 radical (unpaired) electrons. The first kappa shape index (κ1) is 19.2. The fourth-order valence-electron chi connectivity index (χ4n) is 2.62. The Morgan fingerprint density at radius 2 is 1.88 bits per heavy atom. The molecule has 0 saturated carbocycles. The first-order valence-electron chi connectivity index (χ1n) is 8.35. The fraction of sp³-hybridized carbons (Fsp3) is 0.647. The van der Waals surface area contributed by atoms with Crippen LogP contribution in [0.25, 0.3) is 0 Å².